The van der Waals surface area contributed by atoms with Crippen LogP contribution in [0.3, 0.4) is 0 Å². The summed E-state index contributed by atoms with van der Waals surface area (Å²) in [5.74, 6) is 0. The summed E-state index contributed by atoms with van der Waals surface area (Å²) in [6.45, 7) is 4.38. The molecule has 43 heavy (non-hydrogen) atoms. The summed E-state index contributed by atoms with van der Waals surface area (Å²) in [5, 5.41) is 2.38. The second-order valence-corrected chi connectivity index (χ2v) is 10.8. The van der Waals surface area contributed by atoms with E-state index < -0.39 is 0 Å². The smallest absolute Gasteiger partial charge is 0.0468 e. The maximum atomic E-state index is 4.38. The van der Waals surface area contributed by atoms with Crippen LogP contribution in [0, 0.1) is 0 Å². The monoisotopic (exact) mass is 549 g/mol. The fourth-order valence-electron chi connectivity index (χ4n) is 5.68. The van der Waals surface area contributed by atoms with E-state index in [2.05, 4.69) is 181 Å². The van der Waals surface area contributed by atoms with Gasteiger partial charge in [0.25, 0.3) is 0 Å². The third kappa shape index (κ3) is 5.49. The summed E-state index contributed by atoms with van der Waals surface area (Å²) in [7, 11) is 0. The molecule has 0 aliphatic rings. The van der Waals surface area contributed by atoms with Crippen LogP contribution in [0.1, 0.15) is 11.1 Å². The van der Waals surface area contributed by atoms with Gasteiger partial charge in [-0.25, -0.2) is 0 Å². The molecular formula is C42H31N. The van der Waals surface area contributed by atoms with Crippen molar-refractivity contribution in [1.82, 2.24) is 0 Å². The van der Waals surface area contributed by atoms with Crippen LogP contribution in [0.4, 0.5) is 17.1 Å². The van der Waals surface area contributed by atoms with E-state index in [1.54, 1.807) is 0 Å². The van der Waals surface area contributed by atoms with Gasteiger partial charge in [-0.05, 0) is 92.2 Å². The first-order valence-corrected chi connectivity index (χ1v) is 14.6. The van der Waals surface area contributed by atoms with Crippen LogP contribution < -0.4 is 4.90 Å². The summed E-state index contributed by atoms with van der Waals surface area (Å²) in [5.41, 5.74) is 11.5. The second-order valence-electron chi connectivity index (χ2n) is 10.8. The van der Waals surface area contributed by atoms with Gasteiger partial charge in [0.15, 0.2) is 0 Å². The molecule has 0 saturated heterocycles. The van der Waals surface area contributed by atoms with E-state index in [4.69, 9.17) is 0 Å². The first-order valence-electron chi connectivity index (χ1n) is 14.6. The van der Waals surface area contributed by atoms with Crippen LogP contribution >= 0.6 is 0 Å². The van der Waals surface area contributed by atoms with E-state index in [0.29, 0.717) is 0 Å². The minimum Gasteiger partial charge on any atom is -0.310 e. The van der Waals surface area contributed by atoms with Crippen LogP contribution in [0.15, 0.2) is 183 Å². The van der Waals surface area contributed by atoms with Gasteiger partial charge in [-0.2, -0.15) is 0 Å². The standard InChI is InChI=1S/C42H31N/c1-31(32-11-5-2-6-12-32)37-17-18-39-30-42(28-23-38(39)29-37)43(40-24-19-35(20-25-40)33-13-7-3-8-14-33)41-26-21-36(22-27-41)34-15-9-4-10-16-34/h2-30H,1H2. The van der Waals surface area contributed by atoms with Crippen molar-refractivity contribution in [3.8, 4) is 22.3 Å². The van der Waals surface area contributed by atoms with E-state index in [0.717, 1.165) is 33.8 Å². The summed E-state index contributed by atoms with van der Waals surface area (Å²) in [6.07, 6.45) is 0. The SMILES string of the molecule is C=C(c1ccccc1)c1ccc2cc(N(c3ccc(-c4ccccc4)cc3)c3ccc(-c4ccccc4)cc3)ccc2c1. The topological polar surface area (TPSA) is 3.24 Å². The summed E-state index contributed by atoms with van der Waals surface area (Å²) in [6, 6.07) is 62.4. The molecule has 0 amide bonds. The molecule has 0 aliphatic carbocycles. The van der Waals surface area contributed by atoms with E-state index in [-0.39, 0.29) is 0 Å². The number of anilines is 3. The van der Waals surface area contributed by atoms with Crippen LogP contribution in [0.2, 0.25) is 0 Å². The summed E-state index contributed by atoms with van der Waals surface area (Å²) < 4.78 is 0. The number of hydrogen-bond acceptors (Lipinski definition) is 1. The van der Waals surface area contributed by atoms with Gasteiger partial charge in [-0.15, -0.1) is 0 Å². The van der Waals surface area contributed by atoms with Crippen molar-refractivity contribution >= 4 is 33.4 Å². The summed E-state index contributed by atoms with van der Waals surface area (Å²) >= 11 is 0. The highest BCUT2D eigenvalue weighted by Crippen LogP contribution is 2.38. The molecule has 7 aromatic rings. The molecule has 0 bridgehead atoms. The predicted octanol–water partition coefficient (Wildman–Crippen LogP) is 11.7. The molecule has 1 heteroatoms. The quantitative estimate of drug-likeness (QED) is 0.191. The fraction of sp³-hybridized carbons (Fsp3) is 0. The first-order chi connectivity index (χ1) is 21.2. The Labute approximate surface area is 253 Å². The zero-order chi connectivity index (χ0) is 29.0. The highest BCUT2D eigenvalue weighted by atomic mass is 15.1. The lowest BCUT2D eigenvalue weighted by atomic mass is 9.97. The second kappa shape index (κ2) is 11.7. The largest absolute Gasteiger partial charge is 0.310 e. The van der Waals surface area contributed by atoms with E-state index in [1.807, 2.05) is 6.07 Å². The predicted molar refractivity (Wildman–Crippen MR) is 184 cm³/mol. The Morgan fingerprint density at radius 3 is 1.30 bits per heavy atom. The fourth-order valence-corrected chi connectivity index (χ4v) is 5.68. The molecule has 0 unspecified atom stereocenters. The van der Waals surface area contributed by atoms with E-state index >= 15 is 0 Å². The average molecular weight is 550 g/mol. The molecule has 0 radical (unpaired) electrons. The third-order valence-corrected chi connectivity index (χ3v) is 8.02. The van der Waals surface area contributed by atoms with Gasteiger partial charge in [-0.3, -0.25) is 0 Å². The Bertz CT molecular complexity index is 1910. The van der Waals surface area contributed by atoms with E-state index in [9.17, 15) is 0 Å². The number of hydrogen-bond donors (Lipinski definition) is 0. The number of nitrogens with zero attached hydrogens (tertiary/aromatic N) is 1. The van der Waals surface area contributed by atoms with Crippen LogP contribution in [-0.2, 0) is 0 Å². The zero-order valence-electron chi connectivity index (χ0n) is 23.9. The Hall–Kier alpha value is -5.66. The van der Waals surface area contributed by atoms with Crippen molar-refractivity contribution in [2.45, 2.75) is 0 Å². The van der Waals surface area contributed by atoms with Gasteiger partial charge in [0.2, 0.25) is 0 Å². The molecule has 0 spiro atoms. The van der Waals surface area contributed by atoms with Crippen LogP contribution in [0.25, 0.3) is 38.6 Å². The average Bonchev–Trinajstić information content (AvgIpc) is 3.09. The Kier molecular flexibility index (Phi) is 7.13. The van der Waals surface area contributed by atoms with Crippen molar-refractivity contribution < 1.29 is 0 Å². The molecule has 0 heterocycles. The minimum absolute atomic E-state index is 1.03. The maximum Gasteiger partial charge on any atom is 0.0468 e. The number of rotatable bonds is 7. The Morgan fingerprint density at radius 2 is 0.767 bits per heavy atom. The van der Waals surface area contributed by atoms with Gasteiger partial charge < -0.3 is 4.90 Å². The molecule has 1 nitrogen and oxygen atoms in total. The van der Waals surface area contributed by atoms with Crippen LogP contribution in [0.5, 0.6) is 0 Å². The van der Waals surface area contributed by atoms with Crippen molar-refractivity contribution in [2.75, 3.05) is 4.90 Å². The molecular weight excluding hydrogens is 518 g/mol. The maximum absolute atomic E-state index is 4.38. The van der Waals surface area contributed by atoms with Gasteiger partial charge in [-0.1, -0.05) is 140 Å². The molecule has 0 atom stereocenters. The first kappa shape index (κ1) is 26.3. The lowest BCUT2D eigenvalue weighted by molar-refractivity contribution is 1.29. The minimum atomic E-state index is 1.03. The lowest BCUT2D eigenvalue weighted by Crippen LogP contribution is -2.09. The van der Waals surface area contributed by atoms with Gasteiger partial charge >= 0.3 is 0 Å². The zero-order valence-corrected chi connectivity index (χ0v) is 23.9. The molecule has 7 rings (SSSR count). The van der Waals surface area contributed by atoms with Crippen molar-refractivity contribution in [3.05, 3.63) is 194 Å². The normalized spacial score (nSPS) is 10.9. The molecule has 0 aliphatic heterocycles. The van der Waals surface area contributed by atoms with Crippen molar-refractivity contribution in [1.29, 1.82) is 0 Å². The van der Waals surface area contributed by atoms with E-state index in [1.165, 1.54) is 33.0 Å². The molecule has 7 aromatic carbocycles. The molecule has 0 N–H and O–H groups in total. The number of fused-ring (bicyclic) bond motifs is 1. The summed E-state index contributed by atoms with van der Waals surface area (Å²) in [4.78, 5) is 2.33. The molecule has 204 valence electrons. The molecule has 0 fully saturated rings. The Morgan fingerprint density at radius 1 is 0.349 bits per heavy atom. The van der Waals surface area contributed by atoms with Crippen molar-refractivity contribution in [2.24, 2.45) is 0 Å². The van der Waals surface area contributed by atoms with Crippen molar-refractivity contribution in [3.63, 3.8) is 0 Å². The molecule has 0 aromatic heterocycles. The highest BCUT2D eigenvalue weighted by molar-refractivity contribution is 5.93. The van der Waals surface area contributed by atoms with Gasteiger partial charge in [0.1, 0.15) is 0 Å². The van der Waals surface area contributed by atoms with Gasteiger partial charge in [0, 0.05) is 17.1 Å². The Balaban J connectivity index is 1.28. The van der Waals surface area contributed by atoms with Gasteiger partial charge in [0.05, 0.1) is 0 Å². The highest BCUT2D eigenvalue weighted by Gasteiger charge is 2.14. The number of benzene rings is 7. The third-order valence-electron chi connectivity index (χ3n) is 8.02. The molecule has 0 saturated carbocycles. The lowest BCUT2D eigenvalue weighted by Gasteiger charge is -2.26. The van der Waals surface area contributed by atoms with Crippen LogP contribution in [-0.4, -0.2) is 0 Å².